The summed E-state index contributed by atoms with van der Waals surface area (Å²) in [6, 6.07) is 6.36. The Balaban J connectivity index is 1.67. The summed E-state index contributed by atoms with van der Waals surface area (Å²) in [7, 11) is -1.82. The number of nitrogens with two attached hydrogens (primary N) is 1. The number of carbonyl (C=O) groups excluding carboxylic acids is 1. The van der Waals surface area contributed by atoms with E-state index in [0.717, 1.165) is 0 Å². The van der Waals surface area contributed by atoms with Crippen LogP contribution >= 0.6 is 0 Å². The van der Waals surface area contributed by atoms with E-state index in [4.69, 9.17) is 5.14 Å². The van der Waals surface area contributed by atoms with Gasteiger partial charge in [0.15, 0.2) is 0 Å². The number of fused-ring (bicyclic) bond motifs is 2. The number of rotatable bonds is 4. The van der Waals surface area contributed by atoms with E-state index in [1.54, 1.807) is 0 Å². The minimum absolute atomic E-state index is 0.0887. The average molecular weight is 460 g/mol. The molecule has 6 nitrogen and oxygen atoms in total. The first kappa shape index (κ1) is 21.6. The van der Waals surface area contributed by atoms with Crippen molar-refractivity contribution in [2.24, 2.45) is 17.0 Å². The standard InChI is InChI=1S/C19H17F5N4O2S/c20-18(21)11-4-12(18)9-28(8-11)16-15(5-10(7-26-16)19(22,23)24)17(29)27-13-2-1-3-14(6-13)31(25)30/h1-3,5-7,11-12H,4,8-9,25H2,(H,27,29). The van der Waals surface area contributed by atoms with Crippen molar-refractivity contribution >= 4 is 28.4 Å². The third kappa shape index (κ3) is 4.01. The summed E-state index contributed by atoms with van der Waals surface area (Å²) in [6.45, 7) is -0.215. The highest BCUT2D eigenvalue weighted by atomic mass is 32.2. The maximum atomic E-state index is 13.9. The lowest BCUT2D eigenvalue weighted by atomic mass is 9.67. The molecule has 3 unspecified atom stereocenters. The summed E-state index contributed by atoms with van der Waals surface area (Å²) >= 11 is 0. The van der Waals surface area contributed by atoms with Crippen LogP contribution in [-0.4, -0.2) is 34.1 Å². The lowest BCUT2D eigenvalue weighted by Crippen LogP contribution is -2.63. The van der Waals surface area contributed by atoms with Crippen molar-refractivity contribution in [3.63, 3.8) is 0 Å². The van der Waals surface area contributed by atoms with Crippen LogP contribution in [0.3, 0.4) is 0 Å². The van der Waals surface area contributed by atoms with Crippen molar-refractivity contribution in [1.82, 2.24) is 4.98 Å². The molecular weight excluding hydrogens is 443 g/mol. The third-order valence-corrected chi connectivity index (χ3v) is 6.32. The quantitative estimate of drug-likeness (QED) is 0.685. The highest BCUT2D eigenvalue weighted by Crippen LogP contribution is 2.53. The number of alkyl halides is 5. The molecule has 3 heterocycles. The highest BCUT2D eigenvalue weighted by Gasteiger charge is 2.61. The van der Waals surface area contributed by atoms with Gasteiger partial charge < -0.3 is 10.2 Å². The minimum Gasteiger partial charge on any atom is -0.355 e. The summed E-state index contributed by atoms with van der Waals surface area (Å²) in [4.78, 5) is 18.3. The molecular formula is C19H17F5N4O2S. The van der Waals surface area contributed by atoms with Crippen molar-refractivity contribution in [2.75, 3.05) is 23.3 Å². The van der Waals surface area contributed by atoms with Gasteiger partial charge in [-0.05, 0) is 30.7 Å². The molecule has 5 rings (SSSR count). The Morgan fingerprint density at radius 1 is 1.23 bits per heavy atom. The molecule has 3 aliphatic rings. The van der Waals surface area contributed by atoms with Crippen molar-refractivity contribution in [3.05, 3.63) is 47.7 Å². The Labute approximate surface area is 176 Å². The van der Waals surface area contributed by atoms with Gasteiger partial charge in [-0.1, -0.05) is 6.07 Å². The lowest BCUT2D eigenvalue weighted by Gasteiger charge is -2.53. The second-order valence-electron chi connectivity index (χ2n) is 7.58. The first-order chi connectivity index (χ1) is 14.5. The van der Waals surface area contributed by atoms with Crippen LogP contribution in [0.2, 0.25) is 0 Å². The summed E-state index contributed by atoms with van der Waals surface area (Å²) in [5, 5.41) is 7.75. The number of nitrogens with zero attached hydrogens (tertiary/aromatic N) is 2. The predicted molar refractivity (Wildman–Crippen MR) is 103 cm³/mol. The second kappa shape index (κ2) is 7.52. The molecule has 12 heteroatoms. The number of piperidine rings is 2. The first-order valence-electron chi connectivity index (χ1n) is 9.24. The number of aromatic nitrogens is 1. The molecule has 166 valence electrons. The number of pyridine rings is 1. The van der Waals surface area contributed by atoms with E-state index in [0.29, 0.717) is 18.7 Å². The maximum absolute atomic E-state index is 13.9. The number of nitrogens with one attached hydrogen (secondary N) is 1. The van der Waals surface area contributed by atoms with Crippen LogP contribution in [0.1, 0.15) is 22.3 Å². The van der Waals surface area contributed by atoms with Crippen molar-refractivity contribution in [3.8, 4) is 0 Å². The first-order valence-corrected chi connectivity index (χ1v) is 10.5. The minimum atomic E-state index is -4.74. The maximum Gasteiger partial charge on any atom is 0.417 e. The number of halogens is 5. The molecule has 1 aromatic heterocycles. The van der Waals surface area contributed by atoms with E-state index in [1.807, 2.05) is 0 Å². The number of hydrogen-bond acceptors (Lipinski definition) is 4. The van der Waals surface area contributed by atoms with Crippen LogP contribution < -0.4 is 15.4 Å². The molecule has 31 heavy (non-hydrogen) atoms. The van der Waals surface area contributed by atoms with E-state index in [2.05, 4.69) is 10.3 Å². The smallest absolute Gasteiger partial charge is 0.355 e. The Morgan fingerprint density at radius 3 is 2.48 bits per heavy atom. The van der Waals surface area contributed by atoms with Gasteiger partial charge in [0.2, 0.25) is 0 Å². The fourth-order valence-corrected chi connectivity index (χ4v) is 4.39. The van der Waals surface area contributed by atoms with Crippen LogP contribution in [0.25, 0.3) is 0 Å². The topological polar surface area (TPSA) is 88.3 Å². The predicted octanol–water partition coefficient (Wildman–Crippen LogP) is 3.43. The van der Waals surface area contributed by atoms with Crippen molar-refractivity contribution in [2.45, 2.75) is 23.4 Å². The van der Waals surface area contributed by atoms with Gasteiger partial charge in [-0.3, -0.25) is 4.79 Å². The van der Waals surface area contributed by atoms with E-state index in [1.165, 1.54) is 29.2 Å². The number of hydrogen-bond donors (Lipinski definition) is 2. The van der Waals surface area contributed by atoms with Gasteiger partial charge in [0, 0.05) is 36.8 Å². The summed E-state index contributed by atoms with van der Waals surface area (Å²) in [5.41, 5.74) is -1.36. The van der Waals surface area contributed by atoms with Crippen LogP contribution in [0.4, 0.5) is 33.5 Å². The zero-order valence-electron chi connectivity index (χ0n) is 15.8. The molecule has 3 fully saturated rings. The summed E-state index contributed by atoms with van der Waals surface area (Å²) in [6.07, 6.45) is -3.83. The van der Waals surface area contributed by atoms with Crippen LogP contribution in [0.5, 0.6) is 0 Å². The Hall–Kier alpha value is -2.60. The highest BCUT2D eigenvalue weighted by molar-refractivity contribution is 7.82. The monoisotopic (exact) mass is 460 g/mol. The van der Waals surface area contributed by atoms with Crippen molar-refractivity contribution < 1.29 is 31.0 Å². The largest absolute Gasteiger partial charge is 0.417 e. The van der Waals surface area contributed by atoms with Gasteiger partial charge in [-0.2, -0.15) is 13.2 Å². The molecule has 0 spiro atoms. The Kier molecular flexibility index (Phi) is 5.24. The van der Waals surface area contributed by atoms with E-state index < -0.39 is 52.0 Å². The number of carbonyl (C=O) groups is 1. The number of anilines is 2. The van der Waals surface area contributed by atoms with E-state index in [9.17, 15) is 31.0 Å². The van der Waals surface area contributed by atoms with Gasteiger partial charge in [0.05, 0.1) is 16.0 Å². The second-order valence-corrected chi connectivity index (χ2v) is 8.65. The zero-order valence-corrected chi connectivity index (χ0v) is 16.6. The molecule has 1 aliphatic carbocycles. The SMILES string of the molecule is NS(=O)c1cccc(NC(=O)c2cc(C(F)(F)F)cnc2N2CC3CC(C2)C3(F)F)c1. The van der Waals surface area contributed by atoms with Gasteiger partial charge in [-0.25, -0.2) is 23.1 Å². The molecule has 3 N–H and O–H groups in total. The molecule has 2 bridgehead atoms. The van der Waals surface area contributed by atoms with Gasteiger partial charge in [-0.15, -0.1) is 0 Å². The van der Waals surface area contributed by atoms with Gasteiger partial charge >= 0.3 is 6.18 Å². The lowest BCUT2D eigenvalue weighted by molar-refractivity contribution is -0.194. The third-order valence-electron chi connectivity index (χ3n) is 5.60. The van der Waals surface area contributed by atoms with Crippen LogP contribution in [0, 0.1) is 11.8 Å². The Bertz CT molecular complexity index is 1050. The molecule has 1 saturated carbocycles. The molecule has 1 amide bonds. The van der Waals surface area contributed by atoms with Crippen molar-refractivity contribution in [1.29, 1.82) is 0 Å². The van der Waals surface area contributed by atoms with Gasteiger partial charge in [0.25, 0.3) is 11.8 Å². The molecule has 2 aliphatic heterocycles. The van der Waals surface area contributed by atoms with Crippen LogP contribution in [-0.2, 0) is 17.2 Å². The number of benzene rings is 1. The fourth-order valence-electron chi connectivity index (χ4n) is 3.93. The average Bonchev–Trinajstić information content (AvgIpc) is 2.72. The van der Waals surface area contributed by atoms with E-state index >= 15 is 0 Å². The van der Waals surface area contributed by atoms with Crippen LogP contribution in [0.15, 0.2) is 41.4 Å². The summed E-state index contributed by atoms with van der Waals surface area (Å²) < 4.78 is 78.9. The number of amides is 1. The fraction of sp³-hybridized carbons (Fsp3) is 0.368. The molecule has 2 aromatic rings. The summed E-state index contributed by atoms with van der Waals surface area (Å²) in [5.74, 6) is -5.66. The molecule has 1 aromatic carbocycles. The zero-order chi connectivity index (χ0) is 22.6. The molecule has 2 saturated heterocycles. The normalized spacial score (nSPS) is 23.1. The Morgan fingerprint density at radius 2 is 1.90 bits per heavy atom. The molecule has 3 atom stereocenters. The van der Waals surface area contributed by atoms with E-state index in [-0.39, 0.29) is 29.5 Å². The van der Waals surface area contributed by atoms with Gasteiger partial charge in [0.1, 0.15) is 16.8 Å². The molecule has 0 radical (unpaired) electrons.